The molecule has 0 saturated carbocycles. The Morgan fingerprint density at radius 2 is 2.47 bits per heavy atom. The third kappa shape index (κ3) is 2.34. The molecule has 1 aromatic rings. The lowest BCUT2D eigenvalue weighted by atomic mass is 10.1. The summed E-state index contributed by atoms with van der Waals surface area (Å²) in [6.07, 6.45) is 2.41. The fraction of sp³-hybridized carbons (Fsp3) is 0.545. The molecule has 0 aromatic carbocycles. The first-order chi connectivity index (χ1) is 7.31. The molecular weight excluding hydrogens is 190 g/mol. The summed E-state index contributed by atoms with van der Waals surface area (Å²) < 4.78 is 0. The maximum atomic E-state index is 9.49. The Hall–Kier alpha value is -0.970. The number of nitrogens with two attached hydrogens (primary N) is 1. The quantitative estimate of drug-likeness (QED) is 0.740. The molecule has 4 nitrogen and oxygen atoms in total. The number of aliphatic hydroxyl groups excluding tert-OH is 1. The van der Waals surface area contributed by atoms with Gasteiger partial charge in [-0.05, 0) is 18.6 Å². The van der Waals surface area contributed by atoms with Crippen molar-refractivity contribution in [3.8, 4) is 0 Å². The number of pyridine rings is 1. The van der Waals surface area contributed by atoms with Gasteiger partial charge in [0.1, 0.15) is 0 Å². The molecule has 2 unspecified atom stereocenters. The topological polar surface area (TPSA) is 62.4 Å². The predicted molar refractivity (Wildman–Crippen MR) is 58.2 cm³/mol. The van der Waals surface area contributed by atoms with E-state index in [1.165, 1.54) is 0 Å². The second kappa shape index (κ2) is 4.70. The lowest BCUT2D eigenvalue weighted by Crippen LogP contribution is -2.33. The van der Waals surface area contributed by atoms with E-state index < -0.39 is 0 Å². The van der Waals surface area contributed by atoms with E-state index in [1.807, 2.05) is 18.2 Å². The summed E-state index contributed by atoms with van der Waals surface area (Å²) in [4.78, 5) is 6.52. The number of rotatable bonds is 3. The highest BCUT2D eigenvalue weighted by Crippen LogP contribution is 2.22. The highest BCUT2D eigenvalue weighted by atomic mass is 16.3. The molecular formula is C11H17N3O. The van der Waals surface area contributed by atoms with Crippen LogP contribution in [0.4, 0.5) is 0 Å². The van der Waals surface area contributed by atoms with E-state index in [-0.39, 0.29) is 12.1 Å². The van der Waals surface area contributed by atoms with Crippen LogP contribution in [0.2, 0.25) is 0 Å². The third-order valence-corrected chi connectivity index (χ3v) is 2.89. The van der Waals surface area contributed by atoms with Crippen LogP contribution in [0, 0.1) is 0 Å². The Bertz CT molecular complexity index is 304. The summed E-state index contributed by atoms with van der Waals surface area (Å²) in [5.74, 6) is 0. The zero-order valence-corrected chi connectivity index (χ0v) is 8.71. The van der Waals surface area contributed by atoms with E-state index >= 15 is 0 Å². The van der Waals surface area contributed by atoms with Gasteiger partial charge in [0.2, 0.25) is 0 Å². The largest absolute Gasteiger partial charge is 0.392 e. The van der Waals surface area contributed by atoms with E-state index in [0.717, 1.165) is 18.7 Å². The van der Waals surface area contributed by atoms with Crippen molar-refractivity contribution in [2.75, 3.05) is 19.6 Å². The fourth-order valence-corrected chi connectivity index (χ4v) is 2.08. The first kappa shape index (κ1) is 10.5. The minimum Gasteiger partial charge on any atom is -0.392 e. The third-order valence-electron chi connectivity index (χ3n) is 2.89. The van der Waals surface area contributed by atoms with Crippen LogP contribution in [0.25, 0.3) is 0 Å². The van der Waals surface area contributed by atoms with Crippen molar-refractivity contribution in [1.29, 1.82) is 0 Å². The van der Waals surface area contributed by atoms with Crippen LogP contribution < -0.4 is 5.73 Å². The summed E-state index contributed by atoms with van der Waals surface area (Å²) >= 11 is 0. The van der Waals surface area contributed by atoms with E-state index in [0.29, 0.717) is 13.1 Å². The SMILES string of the molecule is NCC(c1ccccn1)N1CCC(O)C1. The highest BCUT2D eigenvalue weighted by molar-refractivity contribution is 5.10. The van der Waals surface area contributed by atoms with Gasteiger partial charge in [-0.1, -0.05) is 6.07 Å². The number of likely N-dealkylation sites (tertiary alicyclic amines) is 1. The summed E-state index contributed by atoms with van der Waals surface area (Å²) in [6, 6.07) is 6.00. The van der Waals surface area contributed by atoms with Crippen LogP contribution in [0.15, 0.2) is 24.4 Å². The van der Waals surface area contributed by atoms with E-state index in [4.69, 9.17) is 5.73 Å². The lowest BCUT2D eigenvalue weighted by Gasteiger charge is -2.25. The van der Waals surface area contributed by atoms with E-state index in [2.05, 4.69) is 9.88 Å². The van der Waals surface area contributed by atoms with Crippen LogP contribution in [0.3, 0.4) is 0 Å². The number of β-amino-alcohol motifs (C(OH)–C–C–N with tert-alkyl or cyclic N) is 1. The molecule has 1 aromatic heterocycles. The fourth-order valence-electron chi connectivity index (χ4n) is 2.08. The summed E-state index contributed by atoms with van der Waals surface area (Å²) in [5, 5.41) is 9.49. The minimum absolute atomic E-state index is 0.142. The Kier molecular flexibility index (Phi) is 3.30. The van der Waals surface area contributed by atoms with E-state index in [9.17, 15) is 5.11 Å². The smallest absolute Gasteiger partial charge is 0.0679 e. The van der Waals surface area contributed by atoms with Gasteiger partial charge in [-0.15, -0.1) is 0 Å². The second-order valence-corrected chi connectivity index (χ2v) is 3.94. The van der Waals surface area contributed by atoms with E-state index in [1.54, 1.807) is 6.20 Å². The molecule has 15 heavy (non-hydrogen) atoms. The van der Waals surface area contributed by atoms with Crippen molar-refractivity contribution in [3.05, 3.63) is 30.1 Å². The van der Waals surface area contributed by atoms with Gasteiger partial charge in [0, 0.05) is 25.8 Å². The molecule has 4 heteroatoms. The Labute approximate surface area is 89.7 Å². The predicted octanol–water partition coefficient (Wildman–Crippen LogP) is 0.148. The second-order valence-electron chi connectivity index (χ2n) is 3.94. The molecule has 1 saturated heterocycles. The maximum Gasteiger partial charge on any atom is 0.0679 e. The highest BCUT2D eigenvalue weighted by Gasteiger charge is 2.27. The summed E-state index contributed by atoms with van der Waals surface area (Å²) in [6.45, 7) is 2.15. The van der Waals surface area contributed by atoms with Crippen LogP contribution in [-0.4, -0.2) is 40.7 Å². The molecule has 2 rings (SSSR count). The Balaban J connectivity index is 2.11. The monoisotopic (exact) mass is 207 g/mol. The first-order valence-corrected chi connectivity index (χ1v) is 5.34. The zero-order chi connectivity index (χ0) is 10.7. The maximum absolute atomic E-state index is 9.49. The number of aromatic nitrogens is 1. The van der Waals surface area contributed by atoms with Crippen LogP contribution in [0.5, 0.6) is 0 Å². The van der Waals surface area contributed by atoms with Crippen molar-refractivity contribution in [2.24, 2.45) is 5.73 Å². The van der Waals surface area contributed by atoms with Gasteiger partial charge in [-0.3, -0.25) is 9.88 Å². The van der Waals surface area contributed by atoms with Crippen LogP contribution >= 0.6 is 0 Å². The van der Waals surface area contributed by atoms with Crippen molar-refractivity contribution in [2.45, 2.75) is 18.6 Å². The molecule has 0 amide bonds. The summed E-state index contributed by atoms with van der Waals surface area (Å²) in [5.41, 5.74) is 6.76. The zero-order valence-electron chi connectivity index (χ0n) is 8.71. The summed E-state index contributed by atoms with van der Waals surface area (Å²) in [7, 11) is 0. The molecule has 0 radical (unpaired) electrons. The standard InChI is InChI=1S/C11H17N3O/c12-7-11(10-3-1-2-5-13-10)14-6-4-9(15)8-14/h1-3,5,9,11,15H,4,6-8,12H2. The Morgan fingerprint density at radius 3 is 3.00 bits per heavy atom. The molecule has 2 heterocycles. The van der Waals surface area contributed by atoms with Gasteiger partial charge in [0.05, 0.1) is 17.8 Å². The van der Waals surface area contributed by atoms with Crippen molar-refractivity contribution in [1.82, 2.24) is 9.88 Å². The van der Waals surface area contributed by atoms with Gasteiger partial charge in [0.25, 0.3) is 0 Å². The normalized spacial score (nSPS) is 24.3. The molecule has 0 aliphatic carbocycles. The van der Waals surface area contributed by atoms with Gasteiger partial charge in [0.15, 0.2) is 0 Å². The average Bonchev–Trinajstić information content (AvgIpc) is 2.68. The Morgan fingerprint density at radius 1 is 1.60 bits per heavy atom. The molecule has 3 N–H and O–H groups in total. The molecule has 1 aliphatic heterocycles. The number of aliphatic hydroxyl groups is 1. The average molecular weight is 207 g/mol. The van der Waals surface area contributed by atoms with Gasteiger partial charge in [-0.2, -0.15) is 0 Å². The number of hydrogen-bond donors (Lipinski definition) is 2. The van der Waals surface area contributed by atoms with Crippen LogP contribution in [-0.2, 0) is 0 Å². The molecule has 1 fully saturated rings. The van der Waals surface area contributed by atoms with Crippen molar-refractivity contribution < 1.29 is 5.11 Å². The van der Waals surface area contributed by atoms with Gasteiger partial charge < -0.3 is 10.8 Å². The van der Waals surface area contributed by atoms with Crippen LogP contribution in [0.1, 0.15) is 18.2 Å². The molecule has 82 valence electrons. The number of nitrogens with zero attached hydrogens (tertiary/aromatic N) is 2. The van der Waals surface area contributed by atoms with Gasteiger partial charge >= 0.3 is 0 Å². The van der Waals surface area contributed by atoms with Crippen molar-refractivity contribution in [3.63, 3.8) is 0 Å². The first-order valence-electron chi connectivity index (χ1n) is 5.34. The lowest BCUT2D eigenvalue weighted by molar-refractivity contribution is 0.159. The van der Waals surface area contributed by atoms with Gasteiger partial charge in [-0.25, -0.2) is 0 Å². The molecule has 1 aliphatic rings. The molecule has 0 bridgehead atoms. The minimum atomic E-state index is -0.206. The molecule has 0 spiro atoms. The van der Waals surface area contributed by atoms with Crippen molar-refractivity contribution >= 4 is 0 Å². The molecule has 2 atom stereocenters. The number of hydrogen-bond acceptors (Lipinski definition) is 4.